The predicted octanol–water partition coefficient (Wildman–Crippen LogP) is 2.89. The number of benzene rings is 1. The highest BCUT2D eigenvalue weighted by Crippen LogP contribution is 2.27. The highest BCUT2D eigenvalue weighted by atomic mass is 35.5. The molecule has 1 heterocycles. The van der Waals surface area contributed by atoms with Crippen LogP contribution in [0.4, 0.5) is 0 Å². The van der Waals surface area contributed by atoms with Gasteiger partial charge in [-0.3, -0.25) is 0 Å². The number of hydrogen-bond donors (Lipinski definition) is 1. The Morgan fingerprint density at radius 1 is 1.44 bits per heavy atom. The maximum Gasteiger partial charge on any atom is 0.0970 e. The number of rotatable bonds is 4. The van der Waals surface area contributed by atoms with Gasteiger partial charge in [0.25, 0.3) is 0 Å². The summed E-state index contributed by atoms with van der Waals surface area (Å²) in [7, 11) is 0. The number of halogens is 1. The predicted molar refractivity (Wildman–Crippen MR) is 66.9 cm³/mol. The summed E-state index contributed by atoms with van der Waals surface area (Å²) in [5.41, 5.74) is 1.96. The van der Waals surface area contributed by atoms with Crippen LogP contribution in [0.25, 0.3) is 0 Å². The highest BCUT2D eigenvalue weighted by Gasteiger charge is 2.17. The molecule has 0 spiro atoms. The molecule has 0 amide bonds. The lowest BCUT2D eigenvalue weighted by Crippen LogP contribution is -2.22. The average Bonchev–Trinajstić information content (AvgIpc) is 2.80. The van der Waals surface area contributed by atoms with Crippen molar-refractivity contribution in [3.8, 4) is 0 Å². The summed E-state index contributed by atoms with van der Waals surface area (Å²) in [4.78, 5) is 0. The van der Waals surface area contributed by atoms with Gasteiger partial charge in [0.05, 0.1) is 11.7 Å². The summed E-state index contributed by atoms with van der Waals surface area (Å²) in [6.07, 6.45) is 0. The van der Waals surface area contributed by atoms with Gasteiger partial charge in [-0.05, 0) is 29.7 Å². The lowest BCUT2D eigenvalue weighted by molar-refractivity contribution is 0.614. The number of nitrogens with zero attached hydrogens (tertiary/aromatic N) is 2. The Morgan fingerprint density at radius 2 is 2.25 bits per heavy atom. The minimum atomic E-state index is 0.0254. The smallest absolute Gasteiger partial charge is 0.0970 e. The lowest BCUT2D eigenvalue weighted by Gasteiger charge is -2.16. The van der Waals surface area contributed by atoms with Crippen LogP contribution < -0.4 is 5.32 Å². The van der Waals surface area contributed by atoms with E-state index in [0.717, 1.165) is 22.8 Å². The van der Waals surface area contributed by atoms with E-state index in [9.17, 15) is 0 Å². The van der Waals surface area contributed by atoms with Crippen LogP contribution in [-0.4, -0.2) is 16.1 Å². The second-order valence-corrected chi connectivity index (χ2v) is 4.36. The normalized spacial score (nSPS) is 12.6. The highest BCUT2D eigenvalue weighted by molar-refractivity contribution is 7.03. The van der Waals surface area contributed by atoms with E-state index in [1.165, 1.54) is 11.5 Å². The van der Waals surface area contributed by atoms with Crippen LogP contribution in [0.3, 0.4) is 0 Å². The van der Waals surface area contributed by atoms with Crippen molar-refractivity contribution in [1.29, 1.82) is 0 Å². The first-order chi connectivity index (χ1) is 7.83. The number of aromatic nitrogens is 2. The maximum atomic E-state index is 6.19. The molecule has 2 aromatic rings. The zero-order valence-electron chi connectivity index (χ0n) is 8.85. The Labute approximate surface area is 104 Å². The molecule has 16 heavy (non-hydrogen) atoms. The van der Waals surface area contributed by atoms with Crippen LogP contribution in [0.2, 0.25) is 5.02 Å². The third-order valence-electron chi connectivity index (χ3n) is 2.30. The molecule has 1 aromatic heterocycles. The minimum Gasteiger partial charge on any atom is -0.305 e. The van der Waals surface area contributed by atoms with Crippen molar-refractivity contribution in [3.05, 3.63) is 45.9 Å². The Hall–Kier alpha value is -0.970. The first-order valence-electron chi connectivity index (χ1n) is 5.07. The van der Waals surface area contributed by atoms with Gasteiger partial charge in [-0.25, -0.2) is 0 Å². The standard InChI is InChI=1S/C11H12ClN3S/c1-2-13-11(10-7-16-15-14-10)8-5-3-4-6-9(8)12/h3-7,11,13H,2H2,1H3. The second-order valence-electron chi connectivity index (χ2n) is 3.34. The van der Waals surface area contributed by atoms with Gasteiger partial charge >= 0.3 is 0 Å². The largest absolute Gasteiger partial charge is 0.305 e. The molecular weight excluding hydrogens is 242 g/mol. The minimum absolute atomic E-state index is 0.0254. The van der Waals surface area contributed by atoms with Crippen molar-refractivity contribution in [2.45, 2.75) is 13.0 Å². The van der Waals surface area contributed by atoms with Crippen molar-refractivity contribution in [3.63, 3.8) is 0 Å². The quantitative estimate of drug-likeness (QED) is 0.911. The van der Waals surface area contributed by atoms with Crippen LogP contribution in [0.5, 0.6) is 0 Å². The summed E-state index contributed by atoms with van der Waals surface area (Å²) in [5, 5.41) is 10.2. The molecule has 0 aliphatic carbocycles. The summed E-state index contributed by atoms with van der Waals surface area (Å²) >= 11 is 7.54. The van der Waals surface area contributed by atoms with Crippen molar-refractivity contribution in [1.82, 2.24) is 14.9 Å². The molecule has 84 valence electrons. The Kier molecular flexibility index (Phi) is 3.88. The first-order valence-corrected chi connectivity index (χ1v) is 6.29. The van der Waals surface area contributed by atoms with E-state index in [0.29, 0.717) is 0 Å². The van der Waals surface area contributed by atoms with Gasteiger partial charge in [0.1, 0.15) is 0 Å². The molecule has 0 bridgehead atoms. The van der Waals surface area contributed by atoms with Gasteiger partial charge in [-0.1, -0.05) is 41.2 Å². The molecule has 0 radical (unpaired) electrons. The van der Waals surface area contributed by atoms with Crippen LogP contribution >= 0.6 is 23.1 Å². The Morgan fingerprint density at radius 3 is 2.88 bits per heavy atom. The third kappa shape index (κ3) is 2.40. The van der Waals surface area contributed by atoms with Crippen LogP contribution in [0.15, 0.2) is 29.6 Å². The molecule has 1 aromatic carbocycles. The molecule has 0 aliphatic rings. The van der Waals surface area contributed by atoms with Crippen molar-refractivity contribution in [2.75, 3.05) is 6.54 Å². The van der Waals surface area contributed by atoms with Crippen molar-refractivity contribution < 1.29 is 0 Å². The maximum absolute atomic E-state index is 6.19. The molecule has 2 rings (SSSR count). The molecule has 3 nitrogen and oxygen atoms in total. The van der Waals surface area contributed by atoms with Crippen LogP contribution in [0.1, 0.15) is 24.2 Å². The van der Waals surface area contributed by atoms with E-state index in [-0.39, 0.29) is 6.04 Å². The molecule has 0 aliphatic heterocycles. The van der Waals surface area contributed by atoms with Gasteiger partial charge in [0.15, 0.2) is 0 Å². The molecule has 1 atom stereocenters. The fraction of sp³-hybridized carbons (Fsp3) is 0.273. The van der Waals surface area contributed by atoms with E-state index in [1.807, 2.05) is 29.6 Å². The molecule has 0 saturated heterocycles. The molecule has 0 saturated carbocycles. The SMILES string of the molecule is CCNC(c1csnn1)c1ccccc1Cl. The zero-order valence-corrected chi connectivity index (χ0v) is 10.4. The molecule has 0 fully saturated rings. The van der Waals surface area contributed by atoms with E-state index in [2.05, 4.69) is 21.8 Å². The van der Waals surface area contributed by atoms with E-state index in [4.69, 9.17) is 11.6 Å². The number of nitrogens with one attached hydrogen (secondary N) is 1. The van der Waals surface area contributed by atoms with E-state index in [1.54, 1.807) is 0 Å². The summed E-state index contributed by atoms with van der Waals surface area (Å²) < 4.78 is 3.89. The van der Waals surface area contributed by atoms with Gasteiger partial charge in [-0.15, -0.1) is 5.10 Å². The topological polar surface area (TPSA) is 37.8 Å². The first kappa shape index (κ1) is 11.5. The van der Waals surface area contributed by atoms with Crippen LogP contribution in [0, 0.1) is 0 Å². The molecule has 5 heteroatoms. The number of hydrogen-bond acceptors (Lipinski definition) is 4. The van der Waals surface area contributed by atoms with Gasteiger partial charge in [0, 0.05) is 10.4 Å². The lowest BCUT2D eigenvalue weighted by atomic mass is 10.0. The fourth-order valence-electron chi connectivity index (χ4n) is 1.58. The average molecular weight is 254 g/mol. The zero-order chi connectivity index (χ0) is 11.4. The van der Waals surface area contributed by atoms with Gasteiger partial charge in [0.2, 0.25) is 0 Å². The monoisotopic (exact) mass is 253 g/mol. The van der Waals surface area contributed by atoms with Crippen molar-refractivity contribution in [2.24, 2.45) is 0 Å². The van der Waals surface area contributed by atoms with E-state index >= 15 is 0 Å². The summed E-state index contributed by atoms with van der Waals surface area (Å²) in [5.74, 6) is 0. The van der Waals surface area contributed by atoms with Crippen LogP contribution in [-0.2, 0) is 0 Å². The van der Waals surface area contributed by atoms with Gasteiger partial charge < -0.3 is 5.32 Å². The molecule has 1 unspecified atom stereocenters. The fourth-order valence-corrected chi connectivity index (χ4v) is 2.31. The Bertz CT molecular complexity index is 444. The summed E-state index contributed by atoms with van der Waals surface area (Å²) in [6.45, 7) is 2.91. The molecular formula is C11H12ClN3S. The van der Waals surface area contributed by atoms with E-state index < -0.39 is 0 Å². The molecule has 1 N–H and O–H groups in total. The van der Waals surface area contributed by atoms with Crippen molar-refractivity contribution >= 4 is 23.1 Å². The second kappa shape index (κ2) is 5.39. The Balaban J connectivity index is 2.37. The van der Waals surface area contributed by atoms with Gasteiger partial charge in [-0.2, -0.15) is 0 Å². The summed E-state index contributed by atoms with van der Waals surface area (Å²) in [6, 6.07) is 7.83. The third-order valence-corrected chi connectivity index (χ3v) is 3.16.